The molecule has 0 bridgehead atoms. The number of oxime groups is 1. The fraction of sp³-hybridized carbons (Fsp3) is 0.346. The minimum absolute atomic E-state index is 0. The average Bonchev–Trinajstić information content (AvgIpc) is 3.25. The molecular formula is C26H26N3NaO5S. The van der Waals surface area contributed by atoms with Gasteiger partial charge >= 0.3 is 29.6 Å². The molecule has 1 spiro atoms. The predicted molar refractivity (Wildman–Crippen MR) is 131 cm³/mol. The molecule has 8 nitrogen and oxygen atoms in total. The first-order valence-corrected chi connectivity index (χ1v) is 13.2. The van der Waals surface area contributed by atoms with Gasteiger partial charge in [0, 0.05) is 23.6 Å². The summed E-state index contributed by atoms with van der Waals surface area (Å²) in [7, 11) is -4.10. The summed E-state index contributed by atoms with van der Waals surface area (Å²) in [6.07, 6.45) is 7.37. The molecule has 1 saturated carbocycles. The van der Waals surface area contributed by atoms with Crippen LogP contribution >= 0.6 is 0 Å². The van der Waals surface area contributed by atoms with Crippen LogP contribution in [0.15, 0.2) is 64.8 Å². The Kier molecular flexibility index (Phi) is 7.75. The number of fused-ring (bicyclic) bond motifs is 1. The van der Waals surface area contributed by atoms with Crippen molar-refractivity contribution in [2.24, 2.45) is 5.16 Å². The molecule has 182 valence electrons. The van der Waals surface area contributed by atoms with Gasteiger partial charge in [0.05, 0.1) is 23.1 Å². The molecule has 5 rings (SSSR count). The van der Waals surface area contributed by atoms with Crippen LogP contribution in [0.4, 0.5) is 5.82 Å². The number of aryl methyl sites for hydroxylation is 1. The molecule has 1 aliphatic heterocycles. The quantitative estimate of drug-likeness (QED) is 0.444. The molecule has 1 aromatic heterocycles. The van der Waals surface area contributed by atoms with Gasteiger partial charge in [0.2, 0.25) is 0 Å². The maximum atomic E-state index is 13.9. The van der Waals surface area contributed by atoms with Gasteiger partial charge in [0.15, 0.2) is 0 Å². The van der Waals surface area contributed by atoms with Gasteiger partial charge in [0.25, 0.3) is 10.0 Å². The van der Waals surface area contributed by atoms with Crippen LogP contribution in [0.1, 0.15) is 54.4 Å². The normalized spacial score (nSPS) is 16.8. The minimum atomic E-state index is -4.10. The van der Waals surface area contributed by atoms with Crippen LogP contribution in [0.3, 0.4) is 0 Å². The Hall–Kier alpha value is -2.46. The van der Waals surface area contributed by atoms with E-state index in [4.69, 9.17) is 4.84 Å². The van der Waals surface area contributed by atoms with Gasteiger partial charge < -0.3 is 14.7 Å². The third kappa shape index (κ3) is 5.02. The van der Waals surface area contributed by atoms with Crippen molar-refractivity contribution in [2.75, 3.05) is 10.8 Å². The Morgan fingerprint density at radius 1 is 1.08 bits per heavy atom. The van der Waals surface area contributed by atoms with Crippen LogP contribution in [0, 0.1) is 6.92 Å². The Morgan fingerprint density at radius 2 is 1.78 bits per heavy atom. The molecule has 2 aliphatic rings. The zero-order chi connectivity index (χ0) is 24.6. The number of aromatic carboxylic acids is 1. The van der Waals surface area contributed by atoms with Crippen LogP contribution in [-0.2, 0) is 14.9 Å². The van der Waals surface area contributed by atoms with E-state index in [1.807, 2.05) is 31.2 Å². The van der Waals surface area contributed by atoms with E-state index in [0.717, 1.165) is 42.0 Å². The SMILES string of the molecule is Cc1c(N(CC2=NOC3(CCCCC3)C2)S(=O)(=O)c2ccc(C(=O)[O-])cc2)ncc2ccccc12.[Na+]. The van der Waals surface area contributed by atoms with Gasteiger partial charge in [-0.2, -0.15) is 0 Å². The standard InChI is InChI=1S/C26H27N3O5S.Na/c1-18-23-8-4-3-7-20(23)16-27-24(18)29(17-21-15-26(34-28-21)13-5-2-6-14-26)35(32,33)22-11-9-19(10-12-22)25(30)31;/h3-4,7-12,16H,2,5-6,13-15,17H2,1H3,(H,30,31);/q;+1/p-1. The van der Waals surface area contributed by atoms with Crippen LogP contribution < -0.4 is 39.0 Å². The number of benzene rings is 2. The monoisotopic (exact) mass is 515 g/mol. The van der Waals surface area contributed by atoms with Gasteiger partial charge in [-0.15, -0.1) is 0 Å². The molecule has 0 saturated heterocycles. The average molecular weight is 516 g/mol. The van der Waals surface area contributed by atoms with Crippen molar-refractivity contribution in [3.63, 3.8) is 0 Å². The van der Waals surface area contributed by atoms with Gasteiger partial charge in [-0.1, -0.05) is 48.0 Å². The van der Waals surface area contributed by atoms with Crippen LogP contribution in [0.2, 0.25) is 0 Å². The maximum absolute atomic E-state index is 13.9. The molecule has 3 aromatic rings. The molecule has 10 heteroatoms. The van der Waals surface area contributed by atoms with Crippen LogP contribution in [-0.4, -0.2) is 37.2 Å². The van der Waals surface area contributed by atoms with E-state index in [1.165, 1.54) is 35.0 Å². The Bertz CT molecular complexity index is 1420. The fourth-order valence-electron chi connectivity index (χ4n) is 5.03. The number of pyridine rings is 1. The van der Waals surface area contributed by atoms with Gasteiger partial charge in [-0.25, -0.2) is 17.7 Å². The number of hydrogen-bond donors (Lipinski definition) is 0. The maximum Gasteiger partial charge on any atom is 1.00 e. The number of aromatic nitrogens is 1. The summed E-state index contributed by atoms with van der Waals surface area (Å²) < 4.78 is 29.0. The van der Waals surface area contributed by atoms with Gasteiger partial charge in [-0.05, 0) is 55.7 Å². The Morgan fingerprint density at radius 3 is 2.47 bits per heavy atom. The second kappa shape index (κ2) is 10.5. The molecule has 0 radical (unpaired) electrons. The van der Waals surface area contributed by atoms with Crippen molar-refractivity contribution >= 4 is 38.3 Å². The topological polar surface area (TPSA) is 112 Å². The number of carbonyl (C=O) groups excluding carboxylic acids is 1. The van der Waals surface area contributed by atoms with Crippen molar-refractivity contribution in [1.29, 1.82) is 0 Å². The van der Waals surface area contributed by atoms with Gasteiger partial charge in [-0.3, -0.25) is 0 Å². The zero-order valence-electron chi connectivity index (χ0n) is 20.4. The first-order valence-electron chi connectivity index (χ1n) is 11.7. The van der Waals surface area contributed by atoms with E-state index in [0.29, 0.717) is 18.0 Å². The van der Waals surface area contributed by atoms with Crippen molar-refractivity contribution in [3.8, 4) is 0 Å². The number of nitrogens with zero attached hydrogens (tertiary/aromatic N) is 3. The first-order chi connectivity index (χ1) is 16.8. The van der Waals surface area contributed by atoms with E-state index in [9.17, 15) is 18.3 Å². The van der Waals surface area contributed by atoms with Crippen molar-refractivity contribution in [3.05, 3.63) is 65.9 Å². The molecule has 0 amide bonds. The molecular weight excluding hydrogens is 489 g/mol. The number of carboxylic acids is 1. The van der Waals surface area contributed by atoms with Crippen molar-refractivity contribution in [1.82, 2.24) is 4.98 Å². The number of rotatable bonds is 6. The number of hydrogen-bond acceptors (Lipinski definition) is 7. The molecule has 2 heterocycles. The van der Waals surface area contributed by atoms with E-state index < -0.39 is 16.0 Å². The smallest absolute Gasteiger partial charge is 0.545 e. The number of anilines is 1. The van der Waals surface area contributed by atoms with Crippen LogP contribution in [0.5, 0.6) is 0 Å². The van der Waals surface area contributed by atoms with Crippen molar-refractivity contribution < 1.29 is 52.7 Å². The summed E-state index contributed by atoms with van der Waals surface area (Å²) in [5.74, 6) is -1.06. The third-order valence-corrected chi connectivity index (χ3v) is 8.68. The largest absolute Gasteiger partial charge is 1.00 e. The second-order valence-corrected chi connectivity index (χ2v) is 11.1. The minimum Gasteiger partial charge on any atom is -0.545 e. The molecule has 0 unspecified atom stereocenters. The van der Waals surface area contributed by atoms with E-state index in [1.54, 1.807) is 6.20 Å². The molecule has 2 aromatic carbocycles. The zero-order valence-corrected chi connectivity index (χ0v) is 23.3. The molecule has 36 heavy (non-hydrogen) atoms. The van der Waals surface area contributed by atoms with Crippen LogP contribution in [0.25, 0.3) is 10.8 Å². The molecule has 1 fully saturated rings. The summed E-state index contributed by atoms with van der Waals surface area (Å²) in [5.41, 5.74) is 0.940. The summed E-state index contributed by atoms with van der Waals surface area (Å²) in [6.45, 7) is 1.85. The molecule has 0 N–H and O–H groups in total. The first kappa shape index (κ1) is 26.6. The molecule has 0 atom stereocenters. The Balaban J connectivity index is 0.00000304. The van der Waals surface area contributed by atoms with E-state index >= 15 is 0 Å². The van der Waals surface area contributed by atoms with Crippen molar-refractivity contribution in [2.45, 2.75) is 55.9 Å². The second-order valence-electron chi connectivity index (χ2n) is 9.29. The molecule has 1 aliphatic carbocycles. The number of sulfonamides is 1. The van der Waals surface area contributed by atoms with Gasteiger partial charge in [0.1, 0.15) is 11.4 Å². The summed E-state index contributed by atoms with van der Waals surface area (Å²) in [6, 6.07) is 12.7. The fourth-order valence-corrected chi connectivity index (χ4v) is 6.49. The Labute approximate surface area is 232 Å². The predicted octanol–water partition coefficient (Wildman–Crippen LogP) is 0.585. The third-order valence-electron chi connectivity index (χ3n) is 6.93. The number of carbonyl (C=O) groups is 1. The summed E-state index contributed by atoms with van der Waals surface area (Å²) in [4.78, 5) is 21.5. The van der Waals surface area contributed by atoms with E-state index in [2.05, 4.69) is 10.1 Å². The number of carboxylic acid groups (broad SMARTS) is 1. The summed E-state index contributed by atoms with van der Waals surface area (Å²) in [5, 5.41) is 17.3. The summed E-state index contributed by atoms with van der Waals surface area (Å²) >= 11 is 0. The van der Waals surface area contributed by atoms with E-state index in [-0.39, 0.29) is 52.2 Å².